The van der Waals surface area contributed by atoms with Crippen molar-refractivity contribution >= 4 is 0 Å². The van der Waals surface area contributed by atoms with Crippen molar-refractivity contribution in [2.75, 3.05) is 0 Å². The summed E-state index contributed by atoms with van der Waals surface area (Å²) in [6.07, 6.45) is 6.27. The fourth-order valence-electron chi connectivity index (χ4n) is 3.72. The first-order valence-corrected chi connectivity index (χ1v) is 7.22. The smallest absolute Gasteiger partial charge is 0.243 e. The van der Waals surface area contributed by atoms with Gasteiger partial charge < -0.3 is 10.3 Å². The predicted octanol–water partition coefficient (Wildman–Crippen LogP) is 3.02. The molecular weight excluding hydrogens is 226 g/mol. The molecule has 2 aliphatic rings. The molecule has 0 aliphatic heterocycles. The quantitative estimate of drug-likeness (QED) is 0.890. The summed E-state index contributed by atoms with van der Waals surface area (Å²) in [5.74, 6) is 4.33. The zero-order valence-corrected chi connectivity index (χ0v) is 11.3. The maximum atomic E-state index is 6.09. The molecule has 1 aromatic rings. The summed E-state index contributed by atoms with van der Waals surface area (Å²) < 4.78 is 5.36. The Hall–Kier alpha value is -0.900. The van der Waals surface area contributed by atoms with Crippen LogP contribution in [-0.4, -0.2) is 10.1 Å². The molecule has 100 valence electrons. The van der Waals surface area contributed by atoms with Gasteiger partial charge in [0.2, 0.25) is 5.89 Å². The standard InChI is InChI=1S/C14H23N3O/c1-8(2)5-12(15)14-16-13(17-18-14)11-7-9-3-4-10(11)6-9/h8-12H,3-7,15H2,1-2H3. The maximum Gasteiger partial charge on any atom is 0.243 e. The normalized spacial score (nSPS) is 32.3. The van der Waals surface area contributed by atoms with Crippen molar-refractivity contribution in [2.45, 2.75) is 57.9 Å². The zero-order valence-electron chi connectivity index (χ0n) is 11.3. The molecule has 0 saturated heterocycles. The van der Waals surface area contributed by atoms with Gasteiger partial charge >= 0.3 is 0 Å². The first-order chi connectivity index (χ1) is 8.63. The van der Waals surface area contributed by atoms with Crippen molar-refractivity contribution in [2.24, 2.45) is 23.5 Å². The van der Waals surface area contributed by atoms with E-state index >= 15 is 0 Å². The van der Waals surface area contributed by atoms with Crippen LogP contribution in [0.25, 0.3) is 0 Å². The zero-order chi connectivity index (χ0) is 12.7. The average Bonchev–Trinajstić information content (AvgIpc) is 3.03. The minimum Gasteiger partial charge on any atom is -0.338 e. The molecule has 0 radical (unpaired) electrons. The van der Waals surface area contributed by atoms with Crippen LogP contribution < -0.4 is 5.73 Å². The Bertz CT molecular complexity index is 415. The monoisotopic (exact) mass is 249 g/mol. The summed E-state index contributed by atoms with van der Waals surface area (Å²) in [5.41, 5.74) is 6.09. The van der Waals surface area contributed by atoms with Crippen LogP contribution in [0, 0.1) is 17.8 Å². The van der Waals surface area contributed by atoms with E-state index in [1.54, 1.807) is 0 Å². The van der Waals surface area contributed by atoms with Crippen molar-refractivity contribution in [3.63, 3.8) is 0 Å². The molecule has 2 bridgehead atoms. The van der Waals surface area contributed by atoms with E-state index in [2.05, 4.69) is 24.0 Å². The van der Waals surface area contributed by atoms with Crippen LogP contribution in [0.1, 0.15) is 69.6 Å². The van der Waals surface area contributed by atoms with Gasteiger partial charge in [0.1, 0.15) is 0 Å². The van der Waals surface area contributed by atoms with Crippen LogP contribution in [0.4, 0.5) is 0 Å². The average molecular weight is 249 g/mol. The maximum absolute atomic E-state index is 6.09. The molecule has 4 heteroatoms. The number of hydrogen-bond donors (Lipinski definition) is 1. The Kier molecular flexibility index (Phi) is 3.14. The topological polar surface area (TPSA) is 64.9 Å². The SMILES string of the molecule is CC(C)CC(N)c1nc(C2CC3CCC2C3)no1. The summed E-state index contributed by atoms with van der Waals surface area (Å²) in [6.45, 7) is 4.32. The third-order valence-electron chi connectivity index (χ3n) is 4.57. The summed E-state index contributed by atoms with van der Waals surface area (Å²) in [4.78, 5) is 4.56. The van der Waals surface area contributed by atoms with E-state index in [9.17, 15) is 0 Å². The molecule has 0 spiro atoms. The van der Waals surface area contributed by atoms with Crippen LogP contribution in [0.15, 0.2) is 4.52 Å². The summed E-state index contributed by atoms with van der Waals surface area (Å²) in [7, 11) is 0. The molecule has 18 heavy (non-hydrogen) atoms. The summed E-state index contributed by atoms with van der Waals surface area (Å²) in [5, 5.41) is 4.18. The van der Waals surface area contributed by atoms with Gasteiger partial charge in [-0.15, -0.1) is 0 Å². The lowest BCUT2D eigenvalue weighted by atomic mass is 9.88. The Balaban J connectivity index is 1.70. The second-order valence-electron chi connectivity index (χ2n) is 6.51. The Labute approximate surface area is 108 Å². The number of aromatic nitrogens is 2. The first-order valence-electron chi connectivity index (χ1n) is 7.22. The molecule has 1 aromatic heterocycles. The Morgan fingerprint density at radius 3 is 2.78 bits per heavy atom. The van der Waals surface area contributed by atoms with Gasteiger partial charge in [0.15, 0.2) is 5.82 Å². The van der Waals surface area contributed by atoms with Crippen molar-refractivity contribution < 1.29 is 4.52 Å². The molecule has 2 N–H and O–H groups in total. The van der Waals surface area contributed by atoms with Crippen molar-refractivity contribution in [3.8, 4) is 0 Å². The van der Waals surface area contributed by atoms with Gasteiger partial charge in [-0.2, -0.15) is 4.98 Å². The highest BCUT2D eigenvalue weighted by molar-refractivity contribution is 5.07. The lowest BCUT2D eigenvalue weighted by Crippen LogP contribution is -2.14. The van der Waals surface area contributed by atoms with Crippen molar-refractivity contribution in [1.82, 2.24) is 10.1 Å². The minimum absolute atomic E-state index is 0.107. The summed E-state index contributed by atoms with van der Waals surface area (Å²) in [6, 6.07) is -0.107. The van der Waals surface area contributed by atoms with Gasteiger partial charge in [0, 0.05) is 5.92 Å². The van der Waals surface area contributed by atoms with E-state index in [1.165, 1.54) is 25.7 Å². The molecule has 2 fully saturated rings. The molecule has 4 unspecified atom stereocenters. The van der Waals surface area contributed by atoms with Gasteiger partial charge in [0.25, 0.3) is 0 Å². The highest BCUT2D eigenvalue weighted by Crippen LogP contribution is 2.52. The largest absolute Gasteiger partial charge is 0.338 e. The van der Waals surface area contributed by atoms with Gasteiger partial charge in [-0.25, -0.2) is 0 Å². The van der Waals surface area contributed by atoms with Gasteiger partial charge in [0.05, 0.1) is 6.04 Å². The van der Waals surface area contributed by atoms with E-state index in [1.807, 2.05) is 0 Å². The van der Waals surface area contributed by atoms with E-state index in [0.29, 0.717) is 17.7 Å². The van der Waals surface area contributed by atoms with E-state index in [0.717, 1.165) is 24.1 Å². The number of rotatable bonds is 4. The van der Waals surface area contributed by atoms with Crippen LogP contribution in [-0.2, 0) is 0 Å². The third kappa shape index (κ3) is 2.18. The third-order valence-corrected chi connectivity index (χ3v) is 4.57. The van der Waals surface area contributed by atoms with Crippen LogP contribution >= 0.6 is 0 Å². The van der Waals surface area contributed by atoms with Gasteiger partial charge in [-0.3, -0.25) is 0 Å². The Morgan fingerprint density at radius 1 is 1.33 bits per heavy atom. The lowest BCUT2D eigenvalue weighted by Gasteiger charge is -2.17. The number of hydrogen-bond acceptors (Lipinski definition) is 4. The lowest BCUT2D eigenvalue weighted by molar-refractivity contribution is 0.324. The minimum atomic E-state index is -0.107. The molecule has 4 atom stereocenters. The molecule has 4 nitrogen and oxygen atoms in total. The fourth-order valence-corrected chi connectivity index (χ4v) is 3.72. The molecular formula is C14H23N3O. The second-order valence-corrected chi connectivity index (χ2v) is 6.51. The number of nitrogens with zero attached hydrogens (tertiary/aromatic N) is 2. The molecule has 1 heterocycles. The molecule has 0 aromatic carbocycles. The molecule has 0 amide bonds. The van der Waals surface area contributed by atoms with E-state index in [-0.39, 0.29) is 6.04 Å². The van der Waals surface area contributed by atoms with Crippen LogP contribution in [0.2, 0.25) is 0 Å². The fraction of sp³-hybridized carbons (Fsp3) is 0.857. The van der Waals surface area contributed by atoms with Crippen molar-refractivity contribution in [3.05, 3.63) is 11.7 Å². The van der Waals surface area contributed by atoms with Crippen LogP contribution in [0.3, 0.4) is 0 Å². The van der Waals surface area contributed by atoms with E-state index < -0.39 is 0 Å². The Morgan fingerprint density at radius 2 is 2.17 bits per heavy atom. The van der Waals surface area contributed by atoms with E-state index in [4.69, 9.17) is 10.3 Å². The molecule has 3 rings (SSSR count). The highest BCUT2D eigenvalue weighted by atomic mass is 16.5. The molecule has 2 aliphatic carbocycles. The predicted molar refractivity (Wildman–Crippen MR) is 68.9 cm³/mol. The number of fused-ring (bicyclic) bond motifs is 2. The van der Waals surface area contributed by atoms with Gasteiger partial charge in [-0.05, 0) is 43.4 Å². The van der Waals surface area contributed by atoms with Crippen LogP contribution in [0.5, 0.6) is 0 Å². The summed E-state index contributed by atoms with van der Waals surface area (Å²) >= 11 is 0. The highest BCUT2D eigenvalue weighted by Gasteiger charge is 2.42. The molecule has 2 saturated carbocycles. The first kappa shape index (κ1) is 12.2. The van der Waals surface area contributed by atoms with Gasteiger partial charge in [-0.1, -0.05) is 25.4 Å². The second kappa shape index (κ2) is 4.65. The van der Waals surface area contributed by atoms with Crippen molar-refractivity contribution in [1.29, 1.82) is 0 Å². The number of nitrogens with two attached hydrogens (primary N) is 1.